The van der Waals surface area contributed by atoms with Crippen LogP contribution in [0.1, 0.15) is 19.4 Å². The molecule has 0 unspecified atom stereocenters. The van der Waals surface area contributed by atoms with Crippen molar-refractivity contribution in [2.75, 3.05) is 17.3 Å². The number of halogens is 2. The zero-order valence-corrected chi connectivity index (χ0v) is 14.5. The van der Waals surface area contributed by atoms with E-state index in [0.29, 0.717) is 10.7 Å². The number of aliphatic imine (C=N–C) groups is 1. The van der Waals surface area contributed by atoms with Crippen molar-refractivity contribution in [3.63, 3.8) is 0 Å². The summed E-state index contributed by atoms with van der Waals surface area (Å²) in [5.41, 5.74) is 3.13. The van der Waals surface area contributed by atoms with E-state index in [1.807, 2.05) is 46.0 Å². The van der Waals surface area contributed by atoms with Crippen molar-refractivity contribution in [3.05, 3.63) is 52.8 Å². The van der Waals surface area contributed by atoms with Gasteiger partial charge in [-0.3, -0.25) is 4.99 Å². The molecule has 2 rings (SSSR count). The Labute approximate surface area is 141 Å². The van der Waals surface area contributed by atoms with Gasteiger partial charge in [-0.05, 0) is 50.6 Å². The molecule has 0 aliphatic carbocycles. The Morgan fingerprint density at radius 2 is 1.91 bits per heavy atom. The molecule has 0 aliphatic heterocycles. The molecule has 0 radical (unpaired) electrons. The largest absolute Gasteiger partial charge is 0.345 e. The average Bonchev–Trinajstić information content (AvgIpc) is 2.50. The first kappa shape index (κ1) is 17.3. The zero-order chi connectivity index (χ0) is 17.0. The van der Waals surface area contributed by atoms with E-state index in [9.17, 15) is 4.39 Å². The summed E-state index contributed by atoms with van der Waals surface area (Å²) in [4.78, 5) is 6.05. The molecule has 0 aromatic heterocycles. The number of para-hydroxylation sites is 1. The van der Waals surface area contributed by atoms with Crippen molar-refractivity contribution >= 4 is 35.0 Å². The molecule has 3 nitrogen and oxygen atoms in total. The average molecular weight is 334 g/mol. The smallest absolute Gasteiger partial charge is 0.146 e. The van der Waals surface area contributed by atoms with Gasteiger partial charge in [0.15, 0.2) is 0 Å². The topological polar surface area (TPSA) is 27.6 Å². The fraction of sp³-hybridized carbons (Fsp3) is 0.278. The molecular weight excluding hydrogens is 313 g/mol. The lowest BCUT2D eigenvalue weighted by atomic mass is 10.1. The molecule has 0 aliphatic rings. The molecule has 0 amide bonds. The Morgan fingerprint density at radius 1 is 1.22 bits per heavy atom. The van der Waals surface area contributed by atoms with E-state index in [-0.39, 0.29) is 11.9 Å². The highest BCUT2D eigenvalue weighted by Gasteiger charge is 2.13. The minimum atomic E-state index is -0.267. The third-order valence-corrected chi connectivity index (χ3v) is 3.77. The Hall–Kier alpha value is -2.07. The SMILES string of the molecule is Cc1cc(NC=NC(C)C)c(Cl)cc1N(C)c1ccccc1F. The summed E-state index contributed by atoms with van der Waals surface area (Å²) in [7, 11) is 1.82. The van der Waals surface area contributed by atoms with Gasteiger partial charge in [0.1, 0.15) is 5.82 Å². The minimum absolute atomic E-state index is 0.217. The third-order valence-electron chi connectivity index (χ3n) is 3.45. The molecular formula is C18H21ClFN3. The molecule has 0 atom stereocenters. The van der Waals surface area contributed by atoms with E-state index >= 15 is 0 Å². The van der Waals surface area contributed by atoms with Gasteiger partial charge < -0.3 is 10.2 Å². The van der Waals surface area contributed by atoms with E-state index < -0.39 is 0 Å². The summed E-state index contributed by atoms with van der Waals surface area (Å²) < 4.78 is 14.0. The van der Waals surface area contributed by atoms with Gasteiger partial charge >= 0.3 is 0 Å². The van der Waals surface area contributed by atoms with Crippen LogP contribution in [-0.2, 0) is 0 Å². The summed E-state index contributed by atoms with van der Waals surface area (Å²) in [6.45, 7) is 5.96. The molecule has 5 heteroatoms. The number of anilines is 3. The number of aryl methyl sites for hydroxylation is 1. The number of nitrogens with one attached hydrogen (secondary N) is 1. The van der Waals surface area contributed by atoms with E-state index in [0.717, 1.165) is 16.9 Å². The molecule has 2 aromatic carbocycles. The first-order valence-corrected chi connectivity index (χ1v) is 7.84. The van der Waals surface area contributed by atoms with Crippen molar-refractivity contribution in [1.82, 2.24) is 0 Å². The minimum Gasteiger partial charge on any atom is -0.345 e. The highest BCUT2D eigenvalue weighted by Crippen LogP contribution is 2.34. The van der Waals surface area contributed by atoms with E-state index in [4.69, 9.17) is 11.6 Å². The van der Waals surface area contributed by atoms with Crippen molar-refractivity contribution in [1.29, 1.82) is 0 Å². The van der Waals surface area contributed by atoms with Crippen LogP contribution >= 0.6 is 11.6 Å². The van der Waals surface area contributed by atoms with Crippen LogP contribution in [0.5, 0.6) is 0 Å². The highest BCUT2D eigenvalue weighted by molar-refractivity contribution is 6.34. The number of nitrogens with zero attached hydrogens (tertiary/aromatic N) is 2. The summed E-state index contributed by atoms with van der Waals surface area (Å²) >= 11 is 6.34. The number of rotatable bonds is 5. The first-order chi connectivity index (χ1) is 10.9. The lowest BCUT2D eigenvalue weighted by molar-refractivity contribution is 0.627. The lowest BCUT2D eigenvalue weighted by Crippen LogP contribution is -2.13. The van der Waals surface area contributed by atoms with E-state index in [1.54, 1.807) is 23.4 Å². The summed E-state index contributed by atoms with van der Waals surface area (Å²) in [5, 5.41) is 3.65. The molecule has 0 saturated carbocycles. The molecule has 0 heterocycles. The van der Waals surface area contributed by atoms with Crippen LogP contribution in [0, 0.1) is 12.7 Å². The Morgan fingerprint density at radius 3 is 2.57 bits per heavy atom. The predicted octanol–water partition coefficient (Wildman–Crippen LogP) is 5.40. The Kier molecular flexibility index (Phi) is 5.61. The first-order valence-electron chi connectivity index (χ1n) is 7.46. The Bertz CT molecular complexity index is 713. The second-order valence-corrected chi connectivity index (χ2v) is 6.05. The molecule has 2 aromatic rings. The Balaban J connectivity index is 2.31. The van der Waals surface area contributed by atoms with Crippen LogP contribution in [0.3, 0.4) is 0 Å². The van der Waals surface area contributed by atoms with Gasteiger partial charge in [-0.2, -0.15) is 0 Å². The van der Waals surface area contributed by atoms with Gasteiger partial charge in [0.25, 0.3) is 0 Å². The summed E-state index contributed by atoms with van der Waals surface area (Å²) in [6.07, 6.45) is 1.64. The van der Waals surface area contributed by atoms with Crippen molar-refractivity contribution in [3.8, 4) is 0 Å². The van der Waals surface area contributed by atoms with Gasteiger partial charge in [0.05, 0.1) is 22.7 Å². The summed E-state index contributed by atoms with van der Waals surface area (Å²) in [5.74, 6) is -0.267. The fourth-order valence-electron chi connectivity index (χ4n) is 2.25. The fourth-order valence-corrected chi connectivity index (χ4v) is 2.46. The van der Waals surface area contributed by atoms with E-state index in [2.05, 4.69) is 10.3 Å². The van der Waals surface area contributed by atoms with Crippen molar-refractivity contribution in [2.45, 2.75) is 26.8 Å². The summed E-state index contributed by atoms with van der Waals surface area (Å²) in [6, 6.07) is 10.6. The number of hydrogen-bond donors (Lipinski definition) is 1. The van der Waals surface area contributed by atoms with Gasteiger partial charge in [0.2, 0.25) is 0 Å². The van der Waals surface area contributed by atoms with Crippen LogP contribution in [0.25, 0.3) is 0 Å². The standard InChI is InChI=1S/C18H21ClFN3/c1-12(2)21-11-22-16-9-13(3)18(10-14(16)19)23(4)17-8-6-5-7-15(17)20/h5-12H,1-4H3,(H,21,22). The maximum Gasteiger partial charge on any atom is 0.146 e. The lowest BCUT2D eigenvalue weighted by Gasteiger charge is -2.23. The highest BCUT2D eigenvalue weighted by atomic mass is 35.5. The molecule has 0 spiro atoms. The predicted molar refractivity (Wildman–Crippen MR) is 97.9 cm³/mol. The molecule has 23 heavy (non-hydrogen) atoms. The normalized spacial score (nSPS) is 11.3. The van der Waals surface area contributed by atoms with Crippen LogP contribution < -0.4 is 10.2 Å². The van der Waals surface area contributed by atoms with Gasteiger partial charge in [-0.15, -0.1) is 0 Å². The molecule has 1 N–H and O–H groups in total. The second kappa shape index (κ2) is 7.47. The number of benzene rings is 2. The maximum atomic E-state index is 14.0. The van der Waals surface area contributed by atoms with Crippen LogP contribution in [-0.4, -0.2) is 19.4 Å². The second-order valence-electron chi connectivity index (χ2n) is 5.65. The third kappa shape index (κ3) is 4.23. The van der Waals surface area contributed by atoms with Gasteiger partial charge in [-0.1, -0.05) is 23.7 Å². The van der Waals surface area contributed by atoms with Crippen molar-refractivity contribution in [2.24, 2.45) is 4.99 Å². The number of hydrogen-bond acceptors (Lipinski definition) is 2. The van der Waals surface area contributed by atoms with Crippen LogP contribution in [0.4, 0.5) is 21.5 Å². The molecule has 0 saturated heterocycles. The molecule has 0 bridgehead atoms. The van der Waals surface area contributed by atoms with Crippen LogP contribution in [0.2, 0.25) is 5.02 Å². The zero-order valence-electron chi connectivity index (χ0n) is 13.8. The quantitative estimate of drug-likeness (QED) is 0.585. The van der Waals surface area contributed by atoms with E-state index in [1.165, 1.54) is 6.07 Å². The monoisotopic (exact) mass is 333 g/mol. The molecule has 0 fully saturated rings. The van der Waals surface area contributed by atoms with Crippen molar-refractivity contribution < 1.29 is 4.39 Å². The van der Waals surface area contributed by atoms with Gasteiger partial charge in [0, 0.05) is 18.8 Å². The van der Waals surface area contributed by atoms with Crippen LogP contribution in [0.15, 0.2) is 41.4 Å². The molecule has 122 valence electrons. The van der Waals surface area contributed by atoms with Gasteiger partial charge in [-0.25, -0.2) is 4.39 Å². The maximum absolute atomic E-state index is 14.0.